The summed E-state index contributed by atoms with van der Waals surface area (Å²) in [6.45, 7) is 6.21. The van der Waals surface area contributed by atoms with E-state index in [0.717, 1.165) is 24.9 Å². The highest BCUT2D eigenvalue weighted by Crippen LogP contribution is 2.11. The predicted octanol–water partition coefficient (Wildman–Crippen LogP) is 4.51. The fourth-order valence-corrected chi connectivity index (χ4v) is 2.41. The lowest BCUT2D eigenvalue weighted by atomic mass is 10.1. The second-order valence-corrected chi connectivity index (χ2v) is 6.10. The van der Waals surface area contributed by atoms with Gasteiger partial charge in [0.1, 0.15) is 0 Å². The molecule has 1 rings (SSSR count). The first-order valence-electron chi connectivity index (χ1n) is 8.77. The molecule has 0 saturated carbocycles. The average molecular weight is 318 g/mol. The van der Waals surface area contributed by atoms with Gasteiger partial charge in [-0.1, -0.05) is 39.5 Å². The number of amides is 2. The molecule has 0 spiro atoms. The van der Waals surface area contributed by atoms with Crippen LogP contribution in [0, 0.1) is 0 Å². The van der Waals surface area contributed by atoms with E-state index in [2.05, 4.69) is 17.6 Å². The Morgan fingerprint density at radius 3 is 2.30 bits per heavy atom. The van der Waals surface area contributed by atoms with E-state index in [1.165, 1.54) is 19.3 Å². The van der Waals surface area contributed by atoms with Crippen molar-refractivity contribution in [1.82, 2.24) is 5.32 Å². The van der Waals surface area contributed by atoms with Crippen molar-refractivity contribution in [2.45, 2.75) is 71.8 Å². The second kappa shape index (κ2) is 10.8. The van der Waals surface area contributed by atoms with Gasteiger partial charge in [0.15, 0.2) is 0 Å². The van der Waals surface area contributed by atoms with Gasteiger partial charge < -0.3 is 10.6 Å². The van der Waals surface area contributed by atoms with Gasteiger partial charge in [0.2, 0.25) is 5.91 Å². The van der Waals surface area contributed by atoms with E-state index < -0.39 is 0 Å². The second-order valence-electron chi connectivity index (χ2n) is 6.10. The summed E-state index contributed by atoms with van der Waals surface area (Å²) in [4.78, 5) is 23.7. The molecule has 0 saturated heterocycles. The molecule has 4 heteroatoms. The number of carbonyl (C=O) groups excluding carboxylic acids is 2. The third-order valence-electron chi connectivity index (χ3n) is 3.78. The number of hydrogen-bond acceptors (Lipinski definition) is 2. The lowest BCUT2D eigenvalue weighted by Crippen LogP contribution is -2.32. The third kappa shape index (κ3) is 7.82. The third-order valence-corrected chi connectivity index (χ3v) is 3.78. The van der Waals surface area contributed by atoms with Crippen molar-refractivity contribution >= 4 is 17.5 Å². The van der Waals surface area contributed by atoms with Crippen LogP contribution in [0.2, 0.25) is 0 Å². The van der Waals surface area contributed by atoms with E-state index in [-0.39, 0.29) is 17.9 Å². The topological polar surface area (TPSA) is 58.2 Å². The molecule has 0 unspecified atom stereocenters. The molecule has 0 fully saturated rings. The van der Waals surface area contributed by atoms with E-state index in [1.54, 1.807) is 24.3 Å². The Kier molecular flexibility index (Phi) is 9.03. The Balaban J connectivity index is 2.42. The van der Waals surface area contributed by atoms with Gasteiger partial charge in [-0.2, -0.15) is 0 Å². The van der Waals surface area contributed by atoms with Crippen LogP contribution in [0.15, 0.2) is 24.3 Å². The Hall–Kier alpha value is -1.84. The minimum atomic E-state index is -0.0561. The number of anilines is 1. The first-order chi connectivity index (χ1) is 11.1. The van der Waals surface area contributed by atoms with Crippen LogP contribution >= 0.6 is 0 Å². The SMILES string of the molecule is CCCCCC[C@H](C)NC(=O)c1ccc(NC(=O)CCC)cc1. The van der Waals surface area contributed by atoms with Gasteiger partial charge in [-0.25, -0.2) is 0 Å². The van der Waals surface area contributed by atoms with Gasteiger partial charge in [0.05, 0.1) is 0 Å². The minimum Gasteiger partial charge on any atom is -0.350 e. The van der Waals surface area contributed by atoms with E-state index in [1.807, 2.05) is 13.8 Å². The highest BCUT2D eigenvalue weighted by molar-refractivity contribution is 5.95. The summed E-state index contributed by atoms with van der Waals surface area (Å²) < 4.78 is 0. The van der Waals surface area contributed by atoms with Crippen molar-refractivity contribution in [3.63, 3.8) is 0 Å². The number of rotatable bonds is 10. The lowest BCUT2D eigenvalue weighted by Gasteiger charge is -2.14. The average Bonchev–Trinajstić information content (AvgIpc) is 2.52. The smallest absolute Gasteiger partial charge is 0.251 e. The predicted molar refractivity (Wildman–Crippen MR) is 95.7 cm³/mol. The molecule has 0 aromatic heterocycles. The summed E-state index contributed by atoms with van der Waals surface area (Å²) in [6.07, 6.45) is 7.20. The highest BCUT2D eigenvalue weighted by atomic mass is 16.2. The van der Waals surface area contributed by atoms with E-state index >= 15 is 0 Å². The van der Waals surface area contributed by atoms with Crippen molar-refractivity contribution in [2.75, 3.05) is 5.32 Å². The van der Waals surface area contributed by atoms with Crippen LogP contribution in [0.1, 0.15) is 76.1 Å². The minimum absolute atomic E-state index is 0.00500. The van der Waals surface area contributed by atoms with Crippen LogP contribution in [-0.4, -0.2) is 17.9 Å². The van der Waals surface area contributed by atoms with Crippen LogP contribution in [0.25, 0.3) is 0 Å². The molecule has 1 aromatic rings. The molecule has 0 heterocycles. The zero-order valence-corrected chi connectivity index (χ0v) is 14.7. The first-order valence-corrected chi connectivity index (χ1v) is 8.77. The first kappa shape index (κ1) is 19.2. The molecule has 0 aliphatic carbocycles. The fraction of sp³-hybridized carbons (Fsp3) is 0.579. The van der Waals surface area contributed by atoms with Crippen molar-refractivity contribution in [2.24, 2.45) is 0 Å². The molecule has 4 nitrogen and oxygen atoms in total. The number of nitrogens with one attached hydrogen (secondary N) is 2. The maximum absolute atomic E-state index is 12.2. The van der Waals surface area contributed by atoms with Crippen LogP contribution in [-0.2, 0) is 4.79 Å². The number of benzene rings is 1. The molecule has 128 valence electrons. The zero-order chi connectivity index (χ0) is 17.1. The fourth-order valence-electron chi connectivity index (χ4n) is 2.41. The largest absolute Gasteiger partial charge is 0.350 e. The van der Waals surface area contributed by atoms with Crippen molar-refractivity contribution in [3.8, 4) is 0 Å². The van der Waals surface area contributed by atoms with Crippen LogP contribution in [0.3, 0.4) is 0 Å². The maximum atomic E-state index is 12.2. The molecule has 0 aliphatic heterocycles. The molecule has 2 N–H and O–H groups in total. The van der Waals surface area contributed by atoms with E-state index in [9.17, 15) is 9.59 Å². The molecule has 0 aliphatic rings. The summed E-state index contributed by atoms with van der Waals surface area (Å²) in [5.41, 5.74) is 1.35. The van der Waals surface area contributed by atoms with Crippen molar-refractivity contribution in [1.29, 1.82) is 0 Å². The standard InChI is InChI=1S/C19H30N2O2/c1-4-6-7-8-10-15(3)20-19(23)16-11-13-17(14-12-16)21-18(22)9-5-2/h11-15H,4-10H2,1-3H3,(H,20,23)(H,21,22)/t15-/m0/s1. The van der Waals surface area contributed by atoms with Crippen molar-refractivity contribution in [3.05, 3.63) is 29.8 Å². The summed E-state index contributed by atoms with van der Waals surface area (Å²) in [5.74, 6) is -0.0511. The Morgan fingerprint density at radius 1 is 1.00 bits per heavy atom. The number of unbranched alkanes of at least 4 members (excludes halogenated alkanes) is 3. The molecule has 1 atom stereocenters. The Morgan fingerprint density at radius 2 is 1.70 bits per heavy atom. The monoisotopic (exact) mass is 318 g/mol. The van der Waals surface area contributed by atoms with Crippen LogP contribution < -0.4 is 10.6 Å². The van der Waals surface area contributed by atoms with Crippen LogP contribution in [0.4, 0.5) is 5.69 Å². The van der Waals surface area contributed by atoms with Gasteiger partial charge in [0, 0.05) is 23.7 Å². The zero-order valence-electron chi connectivity index (χ0n) is 14.7. The summed E-state index contributed by atoms with van der Waals surface area (Å²) in [6, 6.07) is 7.23. The van der Waals surface area contributed by atoms with Gasteiger partial charge in [-0.3, -0.25) is 9.59 Å². The van der Waals surface area contributed by atoms with E-state index in [4.69, 9.17) is 0 Å². The molecular weight excluding hydrogens is 288 g/mol. The van der Waals surface area contributed by atoms with E-state index in [0.29, 0.717) is 12.0 Å². The lowest BCUT2D eigenvalue weighted by molar-refractivity contribution is -0.116. The molecule has 1 aromatic carbocycles. The van der Waals surface area contributed by atoms with Gasteiger partial charge in [-0.05, 0) is 44.0 Å². The van der Waals surface area contributed by atoms with Gasteiger partial charge in [-0.15, -0.1) is 0 Å². The summed E-state index contributed by atoms with van der Waals surface area (Å²) in [5, 5.41) is 5.85. The van der Waals surface area contributed by atoms with Gasteiger partial charge >= 0.3 is 0 Å². The molecule has 23 heavy (non-hydrogen) atoms. The molecular formula is C19H30N2O2. The Labute approximate surface area is 140 Å². The number of carbonyl (C=O) groups is 2. The maximum Gasteiger partial charge on any atom is 0.251 e. The quantitative estimate of drug-likeness (QED) is 0.623. The molecule has 2 amide bonds. The Bertz CT molecular complexity index is 483. The summed E-state index contributed by atoms with van der Waals surface area (Å²) >= 11 is 0. The molecule has 0 radical (unpaired) electrons. The van der Waals surface area contributed by atoms with Gasteiger partial charge in [0.25, 0.3) is 5.91 Å². The normalized spacial score (nSPS) is 11.8. The van der Waals surface area contributed by atoms with Crippen LogP contribution in [0.5, 0.6) is 0 Å². The number of hydrogen-bond donors (Lipinski definition) is 2. The van der Waals surface area contributed by atoms with Crippen molar-refractivity contribution < 1.29 is 9.59 Å². The molecule has 0 bridgehead atoms. The highest BCUT2D eigenvalue weighted by Gasteiger charge is 2.10. The summed E-state index contributed by atoms with van der Waals surface area (Å²) in [7, 11) is 0.